The highest BCUT2D eigenvalue weighted by Gasteiger charge is 2.12. The van der Waals surface area contributed by atoms with Crippen molar-refractivity contribution in [2.75, 3.05) is 18.6 Å². The fraction of sp³-hybridized carbons (Fsp3) is 0.125. The van der Waals surface area contributed by atoms with E-state index in [0.29, 0.717) is 17.0 Å². The predicted octanol–water partition coefficient (Wildman–Crippen LogP) is 5.24. The Kier molecular flexibility index (Phi) is 4.91. The second kappa shape index (κ2) is 7.77. The number of hydrogen-bond donors (Lipinski definition) is 2. The minimum absolute atomic E-state index is 0.620. The van der Waals surface area contributed by atoms with Crippen molar-refractivity contribution in [3.05, 3.63) is 72.4 Å². The Hall–Kier alpha value is -3.70. The molecule has 32 heavy (non-hydrogen) atoms. The maximum Gasteiger partial charge on any atom is 0.169 e. The molecule has 0 aliphatic rings. The molecule has 0 aliphatic heterocycles. The summed E-state index contributed by atoms with van der Waals surface area (Å²) in [6.45, 7) is 5.63. The van der Waals surface area contributed by atoms with Gasteiger partial charge in [0.15, 0.2) is 17.0 Å². The van der Waals surface area contributed by atoms with E-state index in [0.717, 1.165) is 22.1 Å². The summed E-state index contributed by atoms with van der Waals surface area (Å²) in [6, 6.07) is 13.8. The number of fused-ring (bicyclic) bond motifs is 2. The average Bonchev–Trinajstić information content (AvgIpc) is 3.40. The lowest BCUT2D eigenvalue weighted by atomic mass is 10.0. The number of benzene rings is 2. The molecule has 3 aromatic heterocycles. The van der Waals surface area contributed by atoms with E-state index in [2.05, 4.69) is 56.5 Å². The van der Waals surface area contributed by atoms with E-state index in [9.17, 15) is 4.57 Å². The highest BCUT2D eigenvalue weighted by atomic mass is 31.2. The standard InChI is InChI=1S/C24H23N6OP/c1-16-4-9-21-20(10-12-25-21)19(16)11-13-30-15-28-22-23(26-14-27-24(22)30)29-17-5-7-18(8-6-17)32(2,3)31/h4-15,25H,1-3H3,(H,26,27,29). The summed E-state index contributed by atoms with van der Waals surface area (Å²) in [5.41, 5.74) is 5.69. The van der Waals surface area contributed by atoms with Crippen LogP contribution in [0.15, 0.2) is 61.3 Å². The van der Waals surface area contributed by atoms with Crippen molar-refractivity contribution < 1.29 is 4.57 Å². The Morgan fingerprint density at radius 2 is 1.84 bits per heavy atom. The van der Waals surface area contributed by atoms with Gasteiger partial charge in [-0.3, -0.25) is 4.57 Å². The van der Waals surface area contributed by atoms with Crippen molar-refractivity contribution in [2.24, 2.45) is 0 Å². The first-order valence-corrected chi connectivity index (χ1v) is 12.9. The van der Waals surface area contributed by atoms with Crippen LogP contribution < -0.4 is 10.6 Å². The molecule has 8 heteroatoms. The van der Waals surface area contributed by atoms with Crippen LogP contribution >= 0.6 is 7.14 Å². The quantitative estimate of drug-likeness (QED) is 0.364. The third kappa shape index (κ3) is 3.72. The minimum Gasteiger partial charge on any atom is -0.361 e. The molecule has 2 aromatic carbocycles. The molecule has 0 radical (unpaired) electrons. The molecule has 0 spiro atoms. The normalized spacial score (nSPS) is 12.2. The molecule has 0 amide bonds. The SMILES string of the molecule is Cc1ccc2[nH]ccc2c1C=Cn1cnc2c(Nc3ccc(P(C)(C)=O)cc3)ncnc21. The fourth-order valence-electron chi connectivity index (χ4n) is 3.73. The summed E-state index contributed by atoms with van der Waals surface area (Å²) < 4.78 is 14.1. The van der Waals surface area contributed by atoms with Gasteiger partial charge in [0.05, 0.1) is 0 Å². The molecule has 0 unspecified atom stereocenters. The van der Waals surface area contributed by atoms with Gasteiger partial charge in [-0.25, -0.2) is 15.0 Å². The maximum absolute atomic E-state index is 12.2. The number of nitrogens with zero attached hydrogens (tertiary/aromatic N) is 4. The van der Waals surface area contributed by atoms with Crippen LogP contribution in [0, 0.1) is 6.92 Å². The Balaban J connectivity index is 1.47. The van der Waals surface area contributed by atoms with Crippen molar-refractivity contribution in [2.45, 2.75) is 6.92 Å². The van der Waals surface area contributed by atoms with Crippen molar-refractivity contribution in [3.63, 3.8) is 0 Å². The highest BCUT2D eigenvalue weighted by molar-refractivity contribution is 7.70. The molecule has 0 atom stereocenters. The molecular formula is C24H23N6OP. The van der Waals surface area contributed by atoms with E-state index in [4.69, 9.17) is 0 Å². The summed E-state index contributed by atoms with van der Waals surface area (Å²) >= 11 is 0. The smallest absolute Gasteiger partial charge is 0.169 e. The van der Waals surface area contributed by atoms with Crippen LogP contribution in [0.2, 0.25) is 0 Å². The molecule has 0 saturated heterocycles. The van der Waals surface area contributed by atoms with E-state index >= 15 is 0 Å². The van der Waals surface area contributed by atoms with Crippen LogP contribution in [0.3, 0.4) is 0 Å². The van der Waals surface area contributed by atoms with E-state index < -0.39 is 7.14 Å². The van der Waals surface area contributed by atoms with Crippen LogP contribution in [0.5, 0.6) is 0 Å². The van der Waals surface area contributed by atoms with Gasteiger partial charge < -0.3 is 14.9 Å². The van der Waals surface area contributed by atoms with Gasteiger partial charge in [0, 0.05) is 34.3 Å². The van der Waals surface area contributed by atoms with Gasteiger partial charge in [0.25, 0.3) is 0 Å². The second-order valence-corrected chi connectivity index (χ2v) is 11.3. The average molecular weight is 442 g/mol. The maximum atomic E-state index is 12.2. The number of imidazole rings is 1. The topological polar surface area (TPSA) is 88.5 Å². The number of hydrogen-bond acceptors (Lipinski definition) is 5. The molecule has 2 N–H and O–H groups in total. The lowest BCUT2D eigenvalue weighted by Crippen LogP contribution is -2.03. The summed E-state index contributed by atoms with van der Waals surface area (Å²) in [5, 5.41) is 5.32. The number of H-pyrrole nitrogens is 1. The minimum atomic E-state index is -2.28. The first-order chi connectivity index (χ1) is 15.4. The summed E-state index contributed by atoms with van der Waals surface area (Å²) in [7, 11) is -2.28. The summed E-state index contributed by atoms with van der Waals surface area (Å²) in [6.07, 6.45) is 9.26. The number of anilines is 2. The zero-order valence-electron chi connectivity index (χ0n) is 18.1. The monoisotopic (exact) mass is 442 g/mol. The third-order valence-electron chi connectivity index (χ3n) is 5.51. The molecule has 0 saturated carbocycles. The lowest BCUT2D eigenvalue weighted by Gasteiger charge is -2.09. The van der Waals surface area contributed by atoms with Crippen LogP contribution in [0.25, 0.3) is 34.3 Å². The number of aromatic nitrogens is 5. The number of nitrogens with one attached hydrogen (secondary N) is 2. The molecule has 7 nitrogen and oxygen atoms in total. The third-order valence-corrected chi connectivity index (χ3v) is 7.05. The fourth-order valence-corrected chi connectivity index (χ4v) is 4.60. The second-order valence-electron chi connectivity index (χ2n) is 8.12. The van der Waals surface area contributed by atoms with Crippen molar-refractivity contribution in [3.8, 4) is 0 Å². The van der Waals surface area contributed by atoms with Crippen LogP contribution in [0.1, 0.15) is 11.1 Å². The predicted molar refractivity (Wildman–Crippen MR) is 132 cm³/mol. The number of rotatable bonds is 5. The van der Waals surface area contributed by atoms with E-state index in [1.807, 2.05) is 41.2 Å². The van der Waals surface area contributed by atoms with Gasteiger partial charge in [-0.2, -0.15) is 0 Å². The molecule has 5 aromatic rings. The first kappa shape index (κ1) is 20.2. The van der Waals surface area contributed by atoms with E-state index in [1.54, 1.807) is 19.7 Å². The molecule has 0 bridgehead atoms. The summed E-state index contributed by atoms with van der Waals surface area (Å²) in [5.74, 6) is 0.620. The van der Waals surface area contributed by atoms with Gasteiger partial charge >= 0.3 is 0 Å². The number of aromatic amines is 1. The Morgan fingerprint density at radius 3 is 2.62 bits per heavy atom. The van der Waals surface area contributed by atoms with Gasteiger partial charge in [-0.15, -0.1) is 0 Å². The molecule has 160 valence electrons. The molecule has 0 aliphatic carbocycles. The Morgan fingerprint density at radius 1 is 1.03 bits per heavy atom. The zero-order chi connectivity index (χ0) is 22.3. The lowest BCUT2D eigenvalue weighted by molar-refractivity contribution is 0.588. The van der Waals surface area contributed by atoms with Crippen molar-refractivity contribution in [1.82, 2.24) is 24.5 Å². The largest absolute Gasteiger partial charge is 0.361 e. The zero-order valence-corrected chi connectivity index (χ0v) is 19.0. The molecular weight excluding hydrogens is 419 g/mol. The van der Waals surface area contributed by atoms with E-state index in [1.165, 1.54) is 17.3 Å². The van der Waals surface area contributed by atoms with Gasteiger partial charge in [0.1, 0.15) is 19.8 Å². The van der Waals surface area contributed by atoms with Crippen LogP contribution in [-0.2, 0) is 4.57 Å². The highest BCUT2D eigenvalue weighted by Crippen LogP contribution is 2.35. The number of aryl methyl sites for hydroxylation is 1. The van der Waals surface area contributed by atoms with Crippen molar-refractivity contribution in [1.29, 1.82) is 0 Å². The molecule has 0 fully saturated rings. The van der Waals surface area contributed by atoms with Gasteiger partial charge in [-0.05, 0) is 73.9 Å². The van der Waals surface area contributed by atoms with Gasteiger partial charge in [-0.1, -0.05) is 6.07 Å². The van der Waals surface area contributed by atoms with E-state index in [-0.39, 0.29) is 0 Å². The summed E-state index contributed by atoms with van der Waals surface area (Å²) in [4.78, 5) is 16.6. The van der Waals surface area contributed by atoms with Crippen LogP contribution in [0.4, 0.5) is 11.5 Å². The molecule has 5 rings (SSSR count). The molecule has 3 heterocycles. The Bertz CT molecular complexity index is 1510. The van der Waals surface area contributed by atoms with Crippen LogP contribution in [-0.4, -0.2) is 37.8 Å². The first-order valence-electron chi connectivity index (χ1n) is 10.3. The van der Waals surface area contributed by atoms with Gasteiger partial charge in [0.2, 0.25) is 0 Å². The van der Waals surface area contributed by atoms with Crippen molar-refractivity contribution >= 4 is 58.3 Å². The Labute approximate surface area is 185 Å².